The van der Waals surface area contributed by atoms with Gasteiger partial charge in [0.15, 0.2) is 0 Å². The average Bonchev–Trinajstić information content (AvgIpc) is 2.38. The predicted molar refractivity (Wildman–Crippen MR) is 83.2 cm³/mol. The van der Waals surface area contributed by atoms with Crippen LogP contribution in [0.5, 0.6) is 0 Å². The zero-order valence-corrected chi connectivity index (χ0v) is 12.8. The third-order valence-corrected chi connectivity index (χ3v) is 2.92. The van der Waals surface area contributed by atoms with E-state index in [2.05, 4.69) is 5.32 Å². The first-order chi connectivity index (χ1) is 9.45. The van der Waals surface area contributed by atoms with Crippen LogP contribution in [-0.4, -0.2) is 38.8 Å². The molecule has 112 valence electrons. The maximum Gasteiger partial charge on any atom is 0.251 e. The van der Waals surface area contributed by atoms with Crippen LogP contribution in [-0.2, 0) is 4.74 Å². The van der Waals surface area contributed by atoms with Gasteiger partial charge in [-0.2, -0.15) is 0 Å². The van der Waals surface area contributed by atoms with Crippen LogP contribution in [0.1, 0.15) is 31.1 Å². The van der Waals surface area contributed by atoms with Crippen molar-refractivity contribution in [3.05, 3.63) is 23.8 Å². The first-order valence-corrected chi connectivity index (χ1v) is 6.96. The Balaban J connectivity index is 2.69. The summed E-state index contributed by atoms with van der Waals surface area (Å²) in [6.45, 7) is 7.91. The number of hydrogen-bond donors (Lipinski definition) is 2. The van der Waals surface area contributed by atoms with Crippen LogP contribution in [0.2, 0.25) is 0 Å². The Labute approximate surface area is 121 Å². The summed E-state index contributed by atoms with van der Waals surface area (Å²) in [5, 5.41) is 2.76. The minimum atomic E-state index is -0.100. The lowest BCUT2D eigenvalue weighted by atomic mass is 10.1. The van der Waals surface area contributed by atoms with E-state index in [4.69, 9.17) is 10.5 Å². The number of rotatable bonds is 7. The van der Waals surface area contributed by atoms with Crippen molar-refractivity contribution in [1.29, 1.82) is 0 Å². The summed E-state index contributed by atoms with van der Waals surface area (Å²) < 4.78 is 5.52. The molecular formula is C15H25N3O2. The largest absolute Gasteiger partial charge is 0.397 e. The Kier molecular flexibility index (Phi) is 6.31. The Morgan fingerprint density at radius 2 is 2.15 bits per heavy atom. The fourth-order valence-corrected chi connectivity index (χ4v) is 1.85. The first-order valence-electron chi connectivity index (χ1n) is 6.96. The van der Waals surface area contributed by atoms with E-state index in [1.807, 2.05) is 38.8 Å². The standard InChI is InChI=1S/C15H25N3O2/c1-5-17-15(19)12-6-7-14(13(16)10-12)18(4)8-9-20-11(2)3/h6-7,10-11H,5,8-9,16H2,1-4H3,(H,17,19). The molecule has 0 fully saturated rings. The summed E-state index contributed by atoms with van der Waals surface area (Å²) in [6, 6.07) is 5.37. The van der Waals surface area contributed by atoms with Crippen molar-refractivity contribution < 1.29 is 9.53 Å². The summed E-state index contributed by atoms with van der Waals surface area (Å²) in [4.78, 5) is 13.8. The van der Waals surface area contributed by atoms with E-state index in [-0.39, 0.29) is 12.0 Å². The van der Waals surface area contributed by atoms with E-state index < -0.39 is 0 Å². The molecule has 0 saturated heterocycles. The molecule has 0 saturated carbocycles. The summed E-state index contributed by atoms with van der Waals surface area (Å²) in [6.07, 6.45) is 0.223. The van der Waals surface area contributed by atoms with Crippen LogP contribution in [0.4, 0.5) is 11.4 Å². The first kappa shape index (κ1) is 16.3. The minimum absolute atomic E-state index is 0.100. The van der Waals surface area contributed by atoms with Crippen molar-refractivity contribution in [2.24, 2.45) is 0 Å². The predicted octanol–water partition coefficient (Wildman–Crippen LogP) is 1.88. The zero-order valence-electron chi connectivity index (χ0n) is 12.8. The van der Waals surface area contributed by atoms with E-state index in [9.17, 15) is 4.79 Å². The molecule has 0 heterocycles. The second-order valence-electron chi connectivity index (χ2n) is 4.97. The van der Waals surface area contributed by atoms with Crippen molar-refractivity contribution in [2.45, 2.75) is 26.9 Å². The molecule has 0 radical (unpaired) electrons. The van der Waals surface area contributed by atoms with Gasteiger partial charge < -0.3 is 20.7 Å². The van der Waals surface area contributed by atoms with Crippen LogP contribution in [0.3, 0.4) is 0 Å². The van der Waals surface area contributed by atoms with E-state index >= 15 is 0 Å². The quantitative estimate of drug-likeness (QED) is 0.748. The van der Waals surface area contributed by atoms with E-state index in [0.29, 0.717) is 24.4 Å². The van der Waals surface area contributed by atoms with Crippen molar-refractivity contribution >= 4 is 17.3 Å². The summed E-state index contributed by atoms with van der Waals surface area (Å²) in [5.74, 6) is -0.100. The normalized spacial score (nSPS) is 10.7. The van der Waals surface area contributed by atoms with Crippen molar-refractivity contribution in [1.82, 2.24) is 5.32 Å². The van der Waals surface area contributed by atoms with E-state index in [1.165, 1.54) is 0 Å². The number of hydrogen-bond acceptors (Lipinski definition) is 4. The number of carbonyl (C=O) groups is 1. The van der Waals surface area contributed by atoms with E-state index in [1.54, 1.807) is 12.1 Å². The molecule has 5 heteroatoms. The van der Waals surface area contributed by atoms with Gasteiger partial charge in [0.25, 0.3) is 5.91 Å². The number of anilines is 2. The maximum absolute atomic E-state index is 11.7. The number of likely N-dealkylation sites (N-methyl/N-ethyl adjacent to an activating group) is 1. The lowest BCUT2D eigenvalue weighted by molar-refractivity contribution is 0.0846. The van der Waals surface area contributed by atoms with Crippen LogP contribution in [0, 0.1) is 0 Å². The average molecular weight is 279 g/mol. The molecule has 1 rings (SSSR count). The van der Waals surface area contributed by atoms with Gasteiger partial charge >= 0.3 is 0 Å². The highest BCUT2D eigenvalue weighted by Gasteiger charge is 2.10. The van der Waals surface area contributed by atoms with Gasteiger partial charge in [0.05, 0.1) is 24.1 Å². The van der Waals surface area contributed by atoms with Gasteiger partial charge in [0, 0.05) is 25.7 Å². The van der Waals surface area contributed by atoms with Gasteiger partial charge in [-0.25, -0.2) is 0 Å². The molecule has 0 aliphatic rings. The molecule has 3 N–H and O–H groups in total. The summed E-state index contributed by atoms with van der Waals surface area (Å²) >= 11 is 0. The van der Waals surface area contributed by atoms with Crippen molar-refractivity contribution in [3.63, 3.8) is 0 Å². The SMILES string of the molecule is CCNC(=O)c1ccc(N(C)CCOC(C)C)c(N)c1. The van der Waals surface area contributed by atoms with Gasteiger partial charge in [-0.15, -0.1) is 0 Å². The lowest BCUT2D eigenvalue weighted by Crippen LogP contribution is -2.26. The Hall–Kier alpha value is -1.75. The monoisotopic (exact) mass is 279 g/mol. The number of carbonyl (C=O) groups excluding carboxylic acids is 1. The maximum atomic E-state index is 11.7. The number of amides is 1. The van der Waals surface area contributed by atoms with Gasteiger partial charge in [-0.1, -0.05) is 0 Å². The highest BCUT2D eigenvalue weighted by Crippen LogP contribution is 2.23. The second kappa shape index (κ2) is 7.75. The van der Waals surface area contributed by atoms with Gasteiger partial charge in [0.2, 0.25) is 0 Å². The molecule has 0 spiro atoms. The van der Waals surface area contributed by atoms with Crippen LogP contribution in [0.25, 0.3) is 0 Å². The molecule has 0 aliphatic heterocycles. The van der Waals surface area contributed by atoms with Gasteiger partial charge in [0.1, 0.15) is 0 Å². The molecule has 20 heavy (non-hydrogen) atoms. The molecule has 1 aromatic carbocycles. The third kappa shape index (κ3) is 4.74. The van der Waals surface area contributed by atoms with Gasteiger partial charge in [-0.3, -0.25) is 4.79 Å². The third-order valence-electron chi connectivity index (χ3n) is 2.92. The number of nitrogens with one attached hydrogen (secondary N) is 1. The summed E-state index contributed by atoms with van der Waals surface area (Å²) in [7, 11) is 1.96. The molecule has 0 atom stereocenters. The molecular weight excluding hydrogens is 254 g/mol. The number of ether oxygens (including phenoxy) is 1. The minimum Gasteiger partial charge on any atom is -0.397 e. The Morgan fingerprint density at radius 1 is 1.45 bits per heavy atom. The molecule has 5 nitrogen and oxygen atoms in total. The number of nitrogens with two attached hydrogens (primary N) is 1. The molecule has 0 aliphatic carbocycles. The highest BCUT2D eigenvalue weighted by molar-refractivity contribution is 5.96. The number of nitrogens with zero attached hydrogens (tertiary/aromatic N) is 1. The zero-order chi connectivity index (χ0) is 15.1. The fourth-order valence-electron chi connectivity index (χ4n) is 1.85. The number of nitrogen functional groups attached to an aromatic ring is 1. The lowest BCUT2D eigenvalue weighted by Gasteiger charge is -2.22. The van der Waals surface area contributed by atoms with Crippen molar-refractivity contribution in [3.8, 4) is 0 Å². The van der Waals surface area contributed by atoms with Crippen LogP contribution in [0.15, 0.2) is 18.2 Å². The van der Waals surface area contributed by atoms with Gasteiger partial charge in [-0.05, 0) is 39.0 Å². The topological polar surface area (TPSA) is 67.6 Å². The van der Waals surface area contributed by atoms with Crippen LogP contribution < -0.4 is 16.0 Å². The molecule has 1 amide bonds. The smallest absolute Gasteiger partial charge is 0.251 e. The molecule has 0 aromatic heterocycles. The fraction of sp³-hybridized carbons (Fsp3) is 0.533. The number of benzene rings is 1. The molecule has 1 aromatic rings. The summed E-state index contributed by atoms with van der Waals surface area (Å²) in [5.41, 5.74) is 8.11. The molecule has 0 unspecified atom stereocenters. The Morgan fingerprint density at radius 3 is 2.70 bits per heavy atom. The second-order valence-corrected chi connectivity index (χ2v) is 4.97. The Bertz CT molecular complexity index is 447. The highest BCUT2D eigenvalue weighted by atomic mass is 16.5. The van der Waals surface area contributed by atoms with E-state index in [0.717, 1.165) is 12.2 Å². The van der Waals surface area contributed by atoms with Crippen LogP contribution >= 0.6 is 0 Å². The molecule has 0 bridgehead atoms. The van der Waals surface area contributed by atoms with Crippen molar-refractivity contribution in [2.75, 3.05) is 37.4 Å².